The number of aromatic nitrogens is 2. The Bertz CT molecular complexity index is 714. The van der Waals surface area contributed by atoms with Gasteiger partial charge in [0, 0.05) is 14.8 Å². The quantitative estimate of drug-likeness (QED) is 0.776. The number of nitrogens with zero attached hydrogens (tertiary/aromatic N) is 2. The Morgan fingerprint density at radius 1 is 1.33 bits per heavy atom. The van der Waals surface area contributed by atoms with Gasteiger partial charge in [-0.3, -0.25) is 0 Å². The summed E-state index contributed by atoms with van der Waals surface area (Å²) in [6.07, 6.45) is 0. The zero-order valence-corrected chi connectivity index (χ0v) is 11.4. The molecule has 0 bridgehead atoms. The molecule has 0 radical (unpaired) electrons. The third kappa shape index (κ3) is 1.98. The van der Waals surface area contributed by atoms with Gasteiger partial charge in [-0.1, -0.05) is 11.6 Å². The minimum atomic E-state index is 0.526. The van der Waals surface area contributed by atoms with Crippen LogP contribution in [0.5, 0.6) is 0 Å². The van der Waals surface area contributed by atoms with Crippen molar-refractivity contribution in [2.75, 3.05) is 5.73 Å². The lowest BCUT2D eigenvalue weighted by molar-refractivity contribution is 0.853. The third-order valence-electron chi connectivity index (χ3n) is 2.85. The number of rotatable bonds is 2. The van der Waals surface area contributed by atoms with Crippen molar-refractivity contribution >= 4 is 39.9 Å². The van der Waals surface area contributed by atoms with Crippen molar-refractivity contribution in [3.63, 3.8) is 0 Å². The lowest BCUT2D eigenvalue weighted by Crippen LogP contribution is -2.03. The fraction of sp³-hybridized carbons (Fsp3) is 0.154. The summed E-state index contributed by atoms with van der Waals surface area (Å²) in [6.45, 7) is 2.83. The number of hydrogen-bond donors (Lipinski definition) is 1. The van der Waals surface area contributed by atoms with Gasteiger partial charge in [-0.25, -0.2) is 4.98 Å². The van der Waals surface area contributed by atoms with Crippen molar-refractivity contribution in [1.82, 2.24) is 9.55 Å². The molecule has 18 heavy (non-hydrogen) atoms. The van der Waals surface area contributed by atoms with E-state index in [4.69, 9.17) is 17.3 Å². The average Bonchev–Trinajstić information content (AvgIpc) is 2.86. The summed E-state index contributed by atoms with van der Waals surface area (Å²) >= 11 is 7.80. The van der Waals surface area contributed by atoms with Gasteiger partial charge in [0.2, 0.25) is 5.95 Å². The van der Waals surface area contributed by atoms with Crippen molar-refractivity contribution in [2.24, 2.45) is 0 Å². The van der Waals surface area contributed by atoms with Crippen LogP contribution < -0.4 is 5.73 Å². The smallest absolute Gasteiger partial charge is 0.201 e. The maximum Gasteiger partial charge on any atom is 0.201 e. The van der Waals surface area contributed by atoms with E-state index in [2.05, 4.69) is 24.0 Å². The van der Waals surface area contributed by atoms with E-state index >= 15 is 0 Å². The Hall–Kier alpha value is -1.52. The number of benzene rings is 1. The van der Waals surface area contributed by atoms with Crippen LogP contribution in [0.15, 0.2) is 30.3 Å². The summed E-state index contributed by atoms with van der Waals surface area (Å²) in [4.78, 5) is 6.90. The van der Waals surface area contributed by atoms with Crippen molar-refractivity contribution < 1.29 is 0 Å². The van der Waals surface area contributed by atoms with Gasteiger partial charge in [0.15, 0.2) is 0 Å². The zero-order valence-electron chi connectivity index (χ0n) is 9.85. The molecule has 0 unspecified atom stereocenters. The molecule has 5 heteroatoms. The van der Waals surface area contributed by atoms with Crippen LogP contribution in [0.1, 0.15) is 9.75 Å². The van der Waals surface area contributed by atoms with Crippen molar-refractivity contribution in [1.29, 1.82) is 0 Å². The number of aryl methyl sites for hydroxylation is 1. The van der Waals surface area contributed by atoms with E-state index < -0.39 is 0 Å². The summed E-state index contributed by atoms with van der Waals surface area (Å²) in [5.74, 6) is 0.526. The van der Waals surface area contributed by atoms with Gasteiger partial charge in [-0.05, 0) is 37.3 Å². The van der Waals surface area contributed by atoms with E-state index in [1.807, 2.05) is 22.8 Å². The molecular formula is C13H12ClN3S. The van der Waals surface area contributed by atoms with Gasteiger partial charge in [0.05, 0.1) is 17.6 Å². The molecule has 0 atom stereocenters. The molecule has 0 fully saturated rings. The molecule has 0 spiro atoms. The molecule has 2 N–H and O–H groups in total. The Morgan fingerprint density at radius 2 is 2.17 bits per heavy atom. The first-order chi connectivity index (χ1) is 8.63. The van der Waals surface area contributed by atoms with Gasteiger partial charge in [-0.15, -0.1) is 11.3 Å². The number of fused-ring (bicyclic) bond motifs is 1. The number of nitrogens with two attached hydrogens (primary N) is 1. The van der Waals surface area contributed by atoms with Crippen LogP contribution in [0.3, 0.4) is 0 Å². The number of nitrogen functional groups attached to an aromatic ring is 1. The number of anilines is 1. The van der Waals surface area contributed by atoms with Crippen LogP contribution in [0, 0.1) is 6.92 Å². The van der Waals surface area contributed by atoms with E-state index in [0.29, 0.717) is 11.0 Å². The molecule has 2 aromatic heterocycles. The highest BCUT2D eigenvalue weighted by Gasteiger charge is 2.09. The molecule has 0 amide bonds. The monoisotopic (exact) mass is 277 g/mol. The van der Waals surface area contributed by atoms with Gasteiger partial charge >= 0.3 is 0 Å². The first-order valence-electron chi connectivity index (χ1n) is 5.60. The highest BCUT2D eigenvalue weighted by Crippen LogP contribution is 2.24. The van der Waals surface area contributed by atoms with Crippen LogP contribution in [-0.4, -0.2) is 9.55 Å². The molecule has 3 nitrogen and oxygen atoms in total. The molecule has 2 heterocycles. The Kier molecular flexibility index (Phi) is 2.76. The molecule has 0 aliphatic heterocycles. The minimum Gasteiger partial charge on any atom is -0.369 e. The van der Waals surface area contributed by atoms with Crippen LogP contribution in [-0.2, 0) is 6.54 Å². The summed E-state index contributed by atoms with van der Waals surface area (Å²) in [5.41, 5.74) is 7.83. The Labute approximate surface area is 114 Å². The van der Waals surface area contributed by atoms with E-state index in [9.17, 15) is 0 Å². The molecule has 3 rings (SSSR count). The van der Waals surface area contributed by atoms with Crippen LogP contribution >= 0.6 is 22.9 Å². The lowest BCUT2D eigenvalue weighted by Gasteiger charge is -2.04. The van der Waals surface area contributed by atoms with Crippen molar-refractivity contribution in [3.05, 3.63) is 45.1 Å². The van der Waals surface area contributed by atoms with Crippen molar-refractivity contribution in [3.8, 4) is 0 Å². The van der Waals surface area contributed by atoms with Crippen molar-refractivity contribution in [2.45, 2.75) is 13.5 Å². The number of thiophene rings is 1. The summed E-state index contributed by atoms with van der Waals surface area (Å²) in [7, 11) is 0. The largest absolute Gasteiger partial charge is 0.369 e. The van der Waals surface area contributed by atoms with Gasteiger partial charge in [0.25, 0.3) is 0 Å². The van der Waals surface area contributed by atoms with Gasteiger partial charge in [0.1, 0.15) is 0 Å². The zero-order chi connectivity index (χ0) is 12.7. The third-order valence-corrected chi connectivity index (χ3v) is 4.07. The van der Waals surface area contributed by atoms with E-state index in [0.717, 1.165) is 17.6 Å². The second kappa shape index (κ2) is 4.30. The highest BCUT2D eigenvalue weighted by molar-refractivity contribution is 7.11. The predicted molar refractivity (Wildman–Crippen MR) is 77.3 cm³/mol. The topological polar surface area (TPSA) is 43.8 Å². The van der Waals surface area contributed by atoms with Crippen LogP contribution in [0.25, 0.3) is 11.0 Å². The minimum absolute atomic E-state index is 0.526. The molecule has 0 saturated heterocycles. The molecule has 3 aromatic rings. The molecule has 0 saturated carbocycles. The second-order valence-electron chi connectivity index (χ2n) is 4.20. The Morgan fingerprint density at radius 3 is 2.89 bits per heavy atom. The maximum atomic E-state index is 6.03. The predicted octanol–water partition coefficient (Wildman–Crippen LogP) is 3.69. The number of halogens is 1. The standard InChI is InChI=1S/C13H12ClN3S/c1-8-2-4-10(18-8)7-17-12-6-9(14)3-5-11(12)16-13(17)15/h2-6H,7H2,1H3,(H2,15,16). The number of imidazole rings is 1. The Balaban J connectivity index is 2.10. The molecular weight excluding hydrogens is 266 g/mol. The molecule has 0 aliphatic rings. The van der Waals surface area contributed by atoms with Crippen LogP contribution in [0.4, 0.5) is 5.95 Å². The second-order valence-corrected chi connectivity index (χ2v) is 6.01. The summed E-state index contributed by atoms with van der Waals surface area (Å²) < 4.78 is 1.99. The highest BCUT2D eigenvalue weighted by atomic mass is 35.5. The fourth-order valence-corrected chi connectivity index (χ4v) is 3.05. The fourth-order valence-electron chi connectivity index (χ4n) is 2.01. The first-order valence-corrected chi connectivity index (χ1v) is 6.79. The molecule has 0 aliphatic carbocycles. The van der Waals surface area contributed by atoms with E-state index in [-0.39, 0.29) is 0 Å². The van der Waals surface area contributed by atoms with Gasteiger partial charge < -0.3 is 10.3 Å². The molecule has 1 aromatic carbocycles. The number of hydrogen-bond acceptors (Lipinski definition) is 3. The maximum absolute atomic E-state index is 6.03. The van der Waals surface area contributed by atoms with E-state index in [1.165, 1.54) is 9.75 Å². The summed E-state index contributed by atoms with van der Waals surface area (Å²) in [6, 6.07) is 9.86. The van der Waals surface area contributed by atoms with Gasteiger partial charge in [-0.2, -0.15) is 0 Å². The normalized spacial score (nSPS) is 11.2. The average molecular weight is 278 g/mol. The SMILES string of the molecule is Cc1ccc(Cn2c(N)nc3ccc(Cl)cc32)s1. The lowest BCUT2D eigenvalue weighted by atomic mass is 10.3. The molecule has 92 valence electrons. The first kappa shape index (κ1) is 11.6. The van der Waals surface area contributed by atoms with Crippen LogP contribution in [0.2, 0.25) is 5.02 Å². The van der Waals surface area contributed by atoms with E-state index in [1.54, 1.807) is 11.3 Å². The summed E-state index contributed by atoms with van der Waals surface area (Å²) in [5, 5.41) is 0.700.